The molecule has 1 aliphatic rings. The van der Waals surface area contributed by atoms with Gasteiger partial charge in [-0.25, -0.2) is 0 Å². The van der Waals surface area contributed by atoms with Crippen molar-refractivity contribution in [3.05, 3.63) is 0 Å². The monoisotopic (exact) mass is 217 g/mol. The Morgan fingerprint density at radius 2 is 2.21 bits per heavy atom. The number of hydrogen-bond donors (Lipinski definition) is 2. The largest absolute Gasteiger partial charge is 0.480 e. The molecule has 0 spiro atoms. The van der Waals surface area contributed by atoms with Gasteiger partial charge in [0.1, 0.15) is 5.54 Å². The number of rotatable bonds is 6. The van der Waals surface area contributed by atoms with Crippen molar-refractivity contribution >= 4 is 17.7 Å². The van der Waals surface area contributed by atoms with E-state index in [2.05, 4.69) is 13.8 Å². The van der Waals surface area contributed by atoms with Crippen molar-refractivity contribution in [1.82, 2.24) is 0 Å². The summed E-state index contributed by atoms with van der Waals surface area (Å²) in [5.41, 5.74) is 4.94. The fourth-order valence-electron chi connectivity index (χ4n) is 1.42. The van der Waals surface area contributed by atoms with Crippen LogP contribution in [0, 0.1) is 11.8 Å². The molecule has 0 aromatic heterocycles. The lowest BCUT2D eigenvalue weighted by atomic mass is 9.98. The number of thioether (sulfide) groups is 1. The molecule has 1 saturated carbocycles. The van der Waals surface area contributed by atoms with Gasteiger partial charge in [-0.05, 0) is 30.4 Å². The Kier molecular flexibility index (Phi) is 3.84. The van der Waals surface area contributed by atoms with E-state index in [4.69, 9.17) is 10.8 Å². The quantitative estimate of drug-likeness (QED) is 0.709. The highest BCUT2D eigenvalue weighted by Crippen LogP contribution is 2.40. The lowest BCUT2D eigenvalue weighted by Crippen LogP contribution is -2.52. The summed E-state index contributed by atoms with van der Waals surface area (Å²) in [6.07, 6.45) is 1.95. The predicted octanol–water partition coefficient (Wildman–Crippen LogP) is 1.57. The van der Waals surface area contributed by atoms with E-state index in [0.717, 1.165) is 18.6 Å². The minimum atomic E-state index is -0.973. The molecule has 3 nitrogen and oxygen atoms in total. The van der Waals surface area contributed by atoms with Gasteiger partial charge in [0, 0.05) is 5.75 Å². The van der Waals surface area contributed by atoms with Gasteiger partial charge in [0.05, 0.1) is 0 Å². The summed E-state index contributed by atoms with van der Waals surface area (Å²) in [4.78, 5) is 11.0. The maximum absolute atomic E-state index is 11.0. The first-order valence-corrected chi connectivity index (χ1v) is 6.22. The number of carboxylic acid groups (broad SMARTS) is 1. The van der Waals surface area contributed by atoms with Gasteiger partial charge in [-0.15, -0.1) is 0 Å². The molecule has 3 N–H and O–H groups in total. The summed E-state index contributed by atoms with van der Waals surface area (Å²) in [6.45, 7) is 4.26. The van der Waals surface area contributed by atoms with Gasteiger partial charge in [-0.1, -0.05) is 13.8 Å². The normalized spacial score (nSPS) is 20.9. The Morgan fingerprint density at radius 3 is 2.57 bits per heavy atom. The molecule has 1 rings (SSSR count). The number of hydrogen-bond acceptors (Lipinski definition) is 3. The standard InChI is InChI=1S/C10H19NO2S/c1-7(2)5-14-6-10(11,9(12)13)8-3-4-8/h7-8H,3-6,11H2,1-2H3,(H,12,13). The highest BCUT2D eigenvalue weighted by atomic mass is 32.2. The van der Waals surface area contributed by atoms with Crippen LogP contribution in [0.25, 0.3) is 0 Å². The van der Waals surface area contributed by atoms with Crippen molar-refractivity contribution in [3.8, 4) is 0 Å². The molecular weight excluding hydrogens is 198 g/mol. The molecule has 0 aliphatic heterocycles. The average molecular weight is 217 g/mol. The SMILES string of the molecule is CC(C)CSCC(N)(C(=O)O)C1CC1. The van der Waals surface area contributed by atoms with Crippen LogP contribution in [0.2, 0.25) is 0 Å². The van der Waals surface area contributed by atoms with E-state index in [1.807, 2.05) is 0 Å². The van der Waals surface area contributed by atoms with E-state index >= 15 is 0 Å². The maximum Gasteiger partial charge on any atom is 0.324 e. The van der Waals surface area contributed by atoms with Crippen LogP contribution in [0.3, 0.4) is 0 Å². The summed E-state index contributed by atoms with van der Waals surface area (Å²) in [7, 11) is 0. The van der Waals surface area contributed by atoms with Gasteiger partial charge in [-0.2, -0.15) is 11.8 Å². The molecule has 0 aromatic rings. The Hall–Kier alpha value is -0.220. The summed E-state index contributed by atoms with van der Waals surface area (Å²) in [6, 6.07) is 0. The van der Waals surface area contributed by atoms with Crippen molar-refractivity contribution in [1.29, 1.82) is 0 Å². The molecular formula is C10H19NO2S. The smallest absolute Gasteiger partial charge is 0.324 e. The summed E-state index contributed by atoms with van der Waals surface area (Å²) in [5.74, 6) is 1.50. The van der Waals surface area contributed by atoms with Crippen molar-refractivity contribution in [3.63, 3.8) is 0 Å². The minimum Gasteiger partial charge on any atom is -0.480 e. The number of carboxylic acids is 1. The lowest BCUT2D eigenvalue weighted by Gasteiger charge is -2.24. The topological polar surface area (TPSA) is 63.3 Å². The first kappa shape index (κ1) is 11.9. The van der Waals surface area contributed by atoms with Gasteiger partial charge < -0.3 is 10.8 Å². The molecule has 1 aliphatic carbocycles. The molecule has 0 aromatic carbocycles. The second-order valence-corrected chi connectivity index (χ2v) is 5.56. The molecule has 0 saturated heterocycles. The van der Waals surface area contributed by atoms with Crippen molar-refractivity contribution in [2.75, 3.05) is 11.5 Å². The van der Waals surface area contributed by atoms with Crippen molar-refractivity contribution in [2.24, 2.45) is 17.6 Å². The van der Waals surface area contributed by atoms with Crippen LogP contribution in [0.5, 0.6) is 0 Å². The summed E-state index contributed by atoms with van der Waals surface area (Å²) >= 11 is 1.66. The van der Waals surface area contributed by atoms with Crippen LogP contribution in [0.1, 0.15) is 26.7 Å². The van der Waals surface area contributed by atoms with Crippen molar-refractivity contribution < 1.29 is 9.90 Å². The van der Waals surface area contributed by atoms with Crippen LogP contribution in [0.15, 0.2) is 0 Å². The molecule has 4 heteroatoms. The van der Waals surface area contributed by atoms with Gasteiger partial charge in [0.2, 0.25) is 0 Å². The van der Waals surface area contributed by atoms with E-state index in [1.54, 1.807) is 11.8 Å². The molecule has 0 amide bonds. The van der Waals surface area contributed by atoms with E-state index in [0.29, 0.717) is 11.7 Å². The Labute approximate surface area is 89.4 Å². The Balaban J connectivity index is 2.40. The van der Waals surface area contributed by atoms with Gasteiger partial charge in [0.15, 0.2) is 0 Å². The molecule has 0 radical (unpaired) electrons. The Morgan fingerprint density at radius 1 is 1.64 bits per heavy atom. The number of aliphatic carboxylic acids is 1. The molecule has 1 fully saturated rings. The number of nitrogens with two attached hydrogens (primary N) is 1. The number of carbonyl (C=O) groups is 1. The first-order valence-electron chi connectivity index (χ1n) is 5.07. The molecule has 0 heterocycles. The van der Waals surface area contributed by atoms with Gasteiger partial charge in [-0.3, -0.25) is 4.79 Å². The zero-order chi connectivity index (χ0) is 10.8. The molecule has 0 bridgehead atoms. The molecule has 82 valence electrons. The molecule has 1 atom stereocenters. The summed E-state index contributed by atoms with van der Waals surface area (Å²) < 4.78 is 0. The van der Waals surface area contributed by atoms with E-state index in [-0.39, 0.29) is 5.92 Å². The van der Waals surface area contributed by atoms with Crippen molar-refractivity contribution in [2.45, 2.75) is 32.2 Å². The van der Waals surface area contributed by atoms with Crippen LogP contribution >= 0.6 is 11.8 Å². The van der Waals surface area contributed by atoms with Crippen LogP contribution in [-0.2, 0) is 4.79 Å². The third-order valence-electron chi connectivity index (χ3n) is 2.50. The molecule has 1 unspecified atom stereocenters. The minimum absolute atomic E-state index is 0.208. The van der Waals surface area contributed by atoms with E-state index in [1.165, 1.54) is 0 Å². The van der Waals surface area contributed by atoms with E-state index < -0.39 is 11.5 Å². The fraction of sp³-hybridized carbons (Fsp3) is 0.900. The third-order valence-corrected chi connectivity index (χ3v) is 4.08. The molecule has 14 heavy (non-hydrogen) atoms. The van der Waals surface area contributed by atoms with Crippen LogP contribution in [-0.4, -0.2) is 28.1 Å². The fourth-order valence-corrected chi connectivity index (χ4v) is 2.70. The predicted molar refractivity (Wildman–Crippen MR) is 59.4 cm³/mol. The lowest BCUT2D eigenvalue weighted by molar-refractivity contribution is -0.143. The third kappa shape index (κ3) is 2.89. The van der Waals surface area contributed by atoms with Crippen LogP contribution < -0.4 is 5.73 Å². The highest BCUT2D eigenvalue weighted by Gasteiger charge is 2.47. The van der Waals surface area contributed by atoms with Gasteiger partial charge >= 0.3 is 5.97 Å². The first-order chi connectivity index (χ1) is 6.47. The van der Waals surface area contributed by atoms with E-state index in [9.17, 15) is 4.79 Å². The highest BCUT2D eigenvalue weighted by molar-refractivity contribution is 7.99. The maximum atomic E-state index is 11.0. The Bertz CT molecular complexity index is 216. The second-order valence-electron chi connectivity index (χ2n) is 4.53. The zero-order valence-corrected chi connectivity index (χ0v) is 9.64. The second kappa shape index (κ2) is 4.53. The average Bonchev–Trinajstić information content (AvgIpc) is 2.84. The zero-order valence-electron chi connectivity index (χ0n) is 8.82. The van der Waals surface area contributed by atoms with Crippen LogP contribution in [0.4, 0.5) is 0 Å². The van der Waals surface area contributed by atoms with Gasteiger partial charge in [0.25, 0.3) is 0 Å². The summed E-state index contributed by atoms with van der Waals surface area (Å²) in [5, 5.41) is 9.07.